The number of nitrogens with zero attached hydrogens (tertiary/aromatic N) is 3. The molecular formula is C7H10ClN3O2S2. The van der Waals surface area contributed by atoms with Crippen LogP contribution < -0.4 is 0 Å². The lowest BCUT2D eigenvalue weighted by molar-refractivity contribution is 0.375. The van der Waals surface area contributed by atoms with Crippen LogP contribution in [0.15, 0.2) is 0 Å². The van der Waals surface area contributed by atoms with Gasteiger partial charge in [0.2, 0.25) is 10.0 Å². The first-order valence-corrected chi connectivity index (χ1v) is 7.30. The zero-order valence-electron chi connectivity index (χ0n) is 7.89. The van der Waals surface area contributed by atoms with E-state index >= 15 is 0 Å². The highest BCUT2D eigenvalue weighted by Crippen LogP contribution is 2.22. The Bertz CT molecular complexity index is 445. The zero-order chi connectivity index (χ0) is 10.9. The molecule has 0 aromatic carbocycles. The van der Waals surface area contributed by atoms with Crippen molar-refractivity contribution in [2.75, 3.05) is 12.3 Å². The molecule has 15 heavy (non-hydrogen) atoms. The Labute approximate surface area is 97.3 Å². The highest BCUT2D eigenvalue weighted by Gasteiger charge is 2.27. The lowest BCUT2D eigenvalue weighted by atomic mass is 10.3. The Morgan fingerprint density at radius 3 is 2.87 bits per heavy atom. The number of hydrogen-bond donors (Lipinski definition) is 0. The van der Waals surface area contributed by atoms with Crippen LogP contribution in [0.5, 0.6) is 0 Å². The third-order valence-corrected chi connectivity index (χ3v) is 5.18. The second-order valence-corrected chi connectivity index (χ2v) is 6.79. The molecule has 1 aromatic rings. The van der Waals surface area contributed by atoms with Gasteiger partial charge in [-0.05, 0) is 12.8 Å². The Hall–Kier alpha value is -0.240. The van der Waals surface area contributed by atoms with Crippen molar-refractivity contribution in [2.45, 2.75) is 19.4 Å². The molecule has 0 atom stereocenters. The zero-order valence-corrected chi connectivity index (χ0v) is 10.3. The molecule has 5 nitrogen and oxygen atoms in total. The molecule has 2 rings (SSSR count). The van der Waals surface area contributed by atoms with E-state index in [1.807, 2.05) is 0 Å². The van der Waals surface area contributed by atoms with Crippen molar-refractivity contribution in [1.29, 1.82) is 0 Å². The average Bonchev–Trinajstić information content (AvgIpc) is 2.56. The lowest BCUT2D eigenvalue weighted by Gasteiger charge is -2.25. The summed E-state index contributed by atoms with van der Waals surface area (Å²) >= 11 is 6.90. The Morgan fingerprint density at radius 2 is 2.27 bits per heavy atom. The highest BCUT2D eigenvalue weighted by molar-refractivity contribution is 7.89. The van der Waals surface area contributed by atoms with E-state index in [1.54, 1.807) is 0 Å². The van der Waals surface area contributed by atoms with Gasteiger partial charge >= 0.3 is 0 Å². The summed E-state index contributed by atoms with van der Waals surface area (Å²) in [6.45, 7) is 0.799. The molecule has 0 saturated carbocycles. The van der Waals surface area contributed by atoms with Gasteiger partial charge in [-0.1, -0.05) is 16.1 Å². The molecule has 0 N–H and O–H groups in total. The molecule has 1 aliphatic heterocycles. The Kier molecular flexibility index (Phi) is 3.24. The maximum Gasteiger partial charge on any atom is 0.214 e. The fourth-order valence-corrected chi connectivity index (χ4v) is 3.64. The van der Waals surface area contributed by atoms with Crippen LogP contribution >= 0.6 is 23.1 Å². The van der Waals surface area contributed by atoms with Crippen molar-refractivity contribution in [3.63, 3.8) is 0 Å². The van der Waals surface area contributed by atoms with E-state index in [0.29, 0.717) is 16.6 Å². The second kappa shape index (κ2) is 4.32. The van der Waals surface area contributed by atoms with Crippen LogP contribution in [-0.2, 0) is 16.6 Å². The molecule has 1 saturated heterocycles. The number of sulfonamides is 1. The number of halogens is 1. The lowest BCUT2D eigenvalue weighted by Crippen LogP contribution is -2.37. The van der Waals surface area contributed by atoms with Gasteiger partial charge in [-0.2, -0.15) is 4.31 Å². The summed E-state index contributed by atoms with van der Waals surface area (Å²) in [6, 6.07) is 0. The number of rotatable bonds is 2. The number of aromatic nitrogens is 2. The van der Waals surface area contributed by atoms with E-state index in [0.717, 1.165) is 24.4 Å². The van der Waals surface area contributed by atoms with Crippen LogP contribution in [0.25, 0.3) is 0 Å². The van der Waals surface area contributed by atoms with Gasteiger partial charge in [0.05, 0.1) is 12.3 Å². The largest absolute Gasteiger partial charge is 0.214 e. The van der Waals surface area contributed by atoms with Gasteiger partial charge in [0, 0.05) is 18.1 Å². The van der Waals surface area contributed by atoms with Crippen molar-refractivity contribution in [2.24, 2.45) is 0 Å². The molecule has 0 aliphatic carbocycles. The summed E-state index contributed by atoms with van der Waals surface area (Å²) in [5.41, 5.74) is 0.548. The fraction of sp³-hybridized carbons (Fsp3) is 0.714. The van der Waals surface area contributed by atoms with Crippen molar-refractivity contribution in [1.82, 2.24) is 13.9 Å². The molecule has 0 radical (unpaired) electrons. The molecule has 1 aromatic heterocycles. The average molecular weight is 268 g/mol. The van der Waals surface area contributed by atoms with Crippen molar-refractivity contribution < 1.29 is 8.42 Å². The maximum absolute atomic E-state index is 11.7. The van der Waals surface area contributed by atoms with Crippen molar-refractivity contribution in [3.8, 4) is 0 Å². The van der Waals surface area contributed by atoms with Crippen molar-refractivity contribution in [3.05, 3.63) is 10.0 Å². The topological polar surface area (TPSA) is 63.2 Å². The van der Waals surface area contributed by atoms with Gasteiger partial charge in [-0.3, -0.25) is 0 Å². The van der Waals surface area contributed by atoms with Gasteiger partial charge < -0.3 is 0 Å². The predicted molar refractivity (Wildman–Crippen MR) is 58.3 cm³/mol. The van der Waals surface area contributed by atoms with E-state index in [2.05, 4.69) is 9.59 Å². The summed E-state index contributed by atoms with van der Waals surface area (Å²) < 4.78 is 28.9. The van der Waals surface area contributed by atoms with Crippen LogP contribution in [0.1, 0.15) is 18.5 Å². The SMILES string of the molecule is O=S1(=O)CCCCN1Cc1nnsc1Cl. The van der Waals surface area contributed by atoms with E-state index in [-0.39, 0.29) is 12.3 Å². The minimum absolute atomic E-state index is 0.224. The fourth-order valence-electron chi connectivity index (χ4n) is 1.48. The van der Waals surface area contributed by atoms with E-state index < -0.39 is 10.0 Å². The minimum Gasteiger partial charge on any atom is -0.212 e. The van der Waals surface area contributed by atoms with Crippen LogP contribution in [-0.4, -0.2) is 34.6 Å². The van der Waals surface area contributed by atoms with E-state index in [1.165, 1.54) is 4.31 Å². The summed E-state index contributed by atoms with van der Waals surface area (Å²) in [4.78, 5) is 0. The molecule has 1 aliphatic rings. The van der Waals surface area contributed by atoms with Crippen LogP contribution in [0.4, 0.5) is 0 Å². The highest BCUT2D eigenvalue weighted by atomic mass is 35.5. The molecule has 0 amide bonds. The molecule has 0 unspecified atom stereocenters. The number of hydrogen-bond acceptors (Lipinski definition) is 5. The monoisotopic (exact) mass is 267 g/mol. The first-order chi connectivity index (χ1) is 7.09. The molecule has 1 fully saturated rings. The smallest absolute Gasteiger partial charge is 0.212 e. The third kappa shape index (κ3) is 2.47. The molecule has 8 heteroatoms. The first-order valence-electron chi connectivity index (χ1n) is 4.54. The first kappa shape index (κ1) is 11.3. The normalized spacial score (nSPS) is 21.7. The summed E-state index contributed by atoms with van der Waals surface area (Å²) in [7, 11) is -3.10. The van der Waals surface area contributed by atoms with Gasteiger partial charge in [0.15, 0.2) is 0 Å². The standard InChI is InChI=1S/C7H10ClN3O2S2/c8-7-6(9-10-14-7)5-11-3-1-2-4-15(11,12)13/h1-5H2. The molecule has 84 valence electrons. The summed E-state index contributed by atoms with van der Waals surface area (Å²) in [6.07, 6.45) is 1.64. The summed E-state index contributed by atoms with van der Waals surface area (Å²) in [5, 5.41) is 3.81. The second-order valence-electron chi connectivity index (χ2n) is 3.35. The van der Waals surface area contributed by atoms with Crippen molar-refractivity contribution >= 4 is 33.2 Å². The van der Waals surface area contributed by atoms with Gasteiger partial charge in [-0.25, -0.2) is 8.42 Å². The predicted octanol–water partition coefficient (Wildman–Crippen LogP) is 1.12. The van der Waals surface area contributed by atoms with Gasteiger partial charge in [0.25, 0.3) is 0 Å². The third-order valence-electron chi connectivity index (χ3n) is 2.29. The van der Waals surface area contributed by atoms with Crippen LogP contribution in [0.3, 0.4) is 0 Å². The van der Waals surface area contributed by atoms with E-state index in [4.69, 9.17) is 11.6 Å². The Morgan fingerprint density at radius 1 is 1.47 bits per heavy atom. The van der Waals surface area contributed by atoms with E-state index in [9.17, 15) is 8.42 Å². The Balaban J connectivity index is 2.15. The molecule has 2 heterocycles. The minimum atomic E-state index is -3.10. The summed E-state index contributed by atoms with van der Waals surface area (Å²) in [5.74, 6) is 0.224. The maximum atomic E-state index is 11.7. The van der Waals surface area contributed by atoms with Gasteiger partial charge in [0.1, 0.15) is 10.0 Å². The molecule has 0 bridgehead atoms. The van der Waals surface area contributed by atoms with Gasteiger partial charge in [-0.15, -0.1) is 5.10 Å². The molecule has 0 spiro atoms. The molecular weight excluding hydrogens is 258 g/mol. The van der Waals surface area contributed by atoms with Crippen LogP contribution in [0.2, 0.25) is 4.34 Å². The van der Waals surface area contributed by atoms with Crippen LogP contribution in [0, 0.1) is 0 Å². The quantitative estimate of drug-likeness (QED) is 0.806.